The van der Waals surface area contributed by atoms with Crippen LogP contribution >= 0.6 is 15.9 Å². The van der Waals surface area contributed by atoms with Crippen LogP contribution in [0.25, 0.3) is 0 Å². The summed E-state index contributed by atoms with van der Waals surface area (Å²) in [5.41, 5.74) is 1.22. The van der Waals surface area contributed by atoms with Gasteiger partial charge in [0.1, 0.15) is 0 Å². The van der Waals surface area contributed by atoms with E-state index in [9.17, 15) is 0 Å². The average molecular weight is 318 g/mol. The maximum Gasteiger partial charge on any atom is 0.0709 e. The van der Waals surface area contributed by atoms with Crippen LogP contribution in [0.15, 0.2) is 10.7 Å². The molecule has 1 heterocycles. The molecule has 0 aliphatic rings. The highest BCUT2D eigenvalue weighted by molar-refractivity contribution is 9.10. The van der Waals surface area contributed by atoms with Gasteiger partial charge in [-0.2, -0.15) is 5.10 Å². The SMILES string of the molecule is CNC(CN(C)C)c1c(Br)cnn1CCN(C)C. The Bertz CT molecular complexity index is 361. The van der Waals surface area contributed by atoms with Gasteiger partial charge in [-0.15, -0.1) is 0 Å². The summed E-state index contributed by atoms with van der Waals surface area (Å²) in [6, 6.07) is 0.277. The number of aromatic nitrogens is 2. The molecule has 6 heteroatoms. The molecule has 1 N–H and O–H groups in total. The average Bonchev–Trinajstić information content (AvgIpc) is 2.64. The van der Waals surface area contributed by atoms with Gasteiger partial charge >= 0.3 is 0 Å². The van der Waals surface area contributed by atoms with Crippen LogP contribution in [0.1, 0.15) is 11.7 Å². The molecule has 5 nitrogen and oxygen atoms in total. The fraction of sp³-hybridized carbons (Fsp3) is 0.750. The predicted octanol–water partition coefficient (Wildman–Crippen LogP) is 1.03. The summed E-state index contributed by atoms with van der Waals surface area (Å²) >= 11 is 3.60. The molecule has 104 valence electrons. The molecule has 0 aromatic carbocycles. The number of likely N-dealkylation sites (N-methyl/N-ethyl adjacent to an activating group) is 3. The Hall–Kier alpha value is -0.430. The maximum absolute atomic E-state index is 4.45. The fourth-order valence-corrected chi connectivity index (χ4v) is 2.44. The van der Waals surface area contributed by atoms with Gasteiger partial charge in [0, 0.05) is 13.1 Å². The molecule has 0 spiro atoms. The molecule has 1 atom stereocenters. The van der Waals surface area contributed by atoms with Crippen LogP contribution in [0.3, 0.4) is 0 Å². The Labute approximate surface area is 118 Å². The molecule has 0 saturated carbocycles. The third-order valence-electron chi connectivity index (χ3n) is 2.82. The first-order chi connectivity index (χ1) is 8.45. The summed E-state index contributed by atoms with van der Waals surface area (Å²) in [5, 5.41) is 7.81. The second kappa shape index (κ2) is 7.23. The highest BCUT2D eigenvalue weighted by Gasteiger charge is 2.19. The van der Waals surface area contributed by atoms with Gasteiger partial charge in [-0.05, 0) is 51.2 Å². The van der Waals surface area contributed by atoms with E-state index in [4.69, 9.17) is 0 Å². The fourth-order valence-electron chi connectivity index (χ4n) is 1.87. The lowest BCUT2D eigenvalue weighted by atomic mass is 10.2. The van der Waals surface area contributed by atoms with E-state index in [-0.39, 0.29) is 6.04 Å². The topological polar surface area (TPSA) is 36.3 Å². The van der Waals surface area contributed by atoms with Crippen molar-refractivity contribution in [3.63, 3.8) is 0 Å². The van der Waals surface area contributed by atoms with Crippen molar-refractivity contribution in [1.29, 1.82) is 0 Å². The molecular formula is C12H24BrN5. The van der Waals surface area contributed by atoms with Gasteiger partial charge in [-0.3, -0.25) is 4.68 Å². The number of nitrogens with zero attached hydrogens (tertiary/aromatic N) is 4. The largest absolute Gasteiger partial charge is 0.311 e. The summed E-state index contributed by atoms with van der Waals surface area (Å²) in [6.07, 6.45) is 1.88. The van der Waals surface area contributed by atoms with Crippen molar-refractivity contribution in [3.8, 4) is 0 Å². The van der Waals surface area contributed by atoms with Gasteiger partial charge in [0.2, 0.25) is 0 Å². The minimum atomic E-state index is 0.277. The smallest absolute Gasteiger partial charge is 0.0709 e. The highest BCUT2D eigenvalue weighted by atomic mass is 79.9. The standard InChI is InChI=1S/C12H24BrN5/c1-14-11(9-17(4)5)12-10(13)8-15-18(12)7-6-16(2)3/h8,11,14H,6-7,9H2,1-5H3. The lowest BCUT2D eigenvalue weighted by molar-refractivity contribution is 0.327. The van der Waals surface area contributed by atoms with Gasteiger partial charge in [-0.25, -0.2) is 0 Å². The highest BCUT2D eigenvalue weighted by Crippen LogP contribution is 2.23. The zero-order valence-electron chi connectivity index (χ0n) is 11.9. The van der Waals surface area contributed by atoms with Crippen molar-refractivity contribution in [2.24, 2.45) is 0 Å². The second-order valence-corrected chi connectivity index (χ2v) is 5.86. The third-order valence-corrected chi connectivity index (χ3v) is 3.43. The van der Waals surface area contributed by atoms with Gasteiger partial charge in [0.15, 0.2) is 0 Å². The van der Waals surface area contributed by atoms with Crippen molar-refractivity contribution >= 4 is 15.9 Å². The van der Waals surface area contributed by atoms with E-state index in [1.807, 2.05) is 13.2 Å². The van der Waals surface area contributed by atoms with Crippen LogP contribution in [0.4, 0.5) is 0 Å². The molecule has 0 amide bonds. The molecule has 18 heavy (non-hydrogen) atoms. The molecule has 1 aromatic heterocycles. The van der Waals surface area contributed by atoms with Crippen LogP contribution in [0.5, 0.6) is 0 Å². The van der Waals surface area contributed by atoms with Crippen LogP contribution in [0.2, 0.25) is 0 Å². The van der Waals surface area contributed by atoms with E-state index in [2.05, 4.69) is 69.0 Å². The first-order valence-corrected chi connectivity index (χ1v) is 6.93. The zero-order valence-corrected chi connectivity index (χ0v) is 13.5. The van der Waals surface area contributed by atoms with Crippen LogP contribution < -0.4 is 5.32 Å². The first-order valence-electron chi connectivity index (χ1n) is 6.13. The van der Waals surface area contributed by atoms with Crippen LogP contribution in [0, 0.1) is 0 Å². The summed E-state index contributed by atoms with van der Waals surface area (Å²) in [7, 11) is 10.3. The van der Waals surface area contributed by atoms with Crippen molar-refractivity contribution < 1.29 is 0 Å². The van der Waals surface area contributed by atoms with E-state index in [1.165, 1.54) is 5.69 Å². The number of halogens is 1. The van der Waals surface area contributed by atoms with E-state index < -0.39 is 0 Å². The molecular weight excluding hydrogens is 294 g/mol. The molecule has 0 bridgehead atoms. The van der Waals surface area contributed by atoms with E-state index >= 15 is 0 Å². The lowest BCUT2D eigenvalue weighted by Crippen LogP contribution is -2.32. The van der Waals surface area contributed by atoms with Crippen LogP contribution in [-0.2, 0) is 6.54 Å². The molecule has 1 aromatic rings. The maximum atomic E-state index is 4.45. The third kappa shape index (κ3) is 4.35. The predicted molar refractivity (Wildman–Crippen MR) is 78.8 cm³/mol. The van der Waals surface area contributed by atoms with Crippen molar-refractivity contribution in [2.75, 3.05) is 48.3 Å². The monoisotopic (exact) mass is 317 g/mol. The first kappa shape index (κ1) is 15.6. The molecule has 0 fully saturated rings. The number of hydrogen-bond acceptors (Lipinski definition) is 4. The number of hydrogen-bond donors (Lipinski definition) is 1. The number of rotatable bonds is 7. The van der Waals surface area contributed by atoms with E-state index in [0.717, 1.165) is 24.1 Å². The summed E-state index contributed by atoms with van der Waals surface area (Å²) in [5.74, 6) is 0. The Balaban J connectivity index is 2.87. The lowest BCUT2D eigenvalue weighted by Gasteiger charge is -2.22. The van der Waals surface area contributed by atoms with E-state index in [1.54, 1.807) is 0 Å². The molecule has 1 rings (SSSR count). The normalized spacial score (nSPS) is 13.6. The van der Waals surface area contributed by atoms with Crippen molar-refractivity contribution in [1.82, 2.24) is 24.9 Å². The molecule has 0 radical (unpaired) electrons. The molecule has 0 saturated heterocycles. The zero-order chi connectivity index (χ0) is 13.7. The Kier molecular flexibility index (Phi) is 6.28. The quantitative estimate of drug-likeness (QED) is 0.815. The van der Waals surface area contributed by atoms with E-state index in [0.29, 0.717) is 0 Å². The van der Waals surface area contributed by atoms with Gasteiger partial charge in [-0.1, -0.05) is 0 Å². The summed E-state index contributed by atoms with van der Waals surface area (Å²) in [4.78, 5) is 4.34. The molecule has 1 unspecified atom stereocenters. The second-order valence-electron chi connectivity index (χ2n) is 5.01. The Morgan fingerprint density at radius 1 is 1.33 bits per heavy atom. The Morgan fingerprint density at radius 2 is 2.00 bits per heavy atom. The molecule has 0 aliphatic heterocycles. The minimum absolute atomic E-state index is 0.277. The minimum Gasteiger partial charge on any atom is -0.311 e. The summed E-state index contributed by atoms with van der Waals surface area (Å²) in [6.45, 7) is 2.84. The Morgan fingerprint density at radius 3 is 2.50 bits per heavy atom. The number of nitrogens with one attached hydrogen (secondary N) is 1. The van der Waals surface area contributed by atoms with Crippen molar-refractivity contribution in [2.45, 2.75) is 12.6 Å². The summed E-state index contributed by atoms with van der Waals surface area (Å²) < 4.78 is 3.15. The van der Waals surface area contributed by atoms with Crippen molar-refractivity contribution in [3.05, 3.63) is 16.4 Å². The van der Waals surface area contributed by atoms with Crippen LogP contribution in [-0.4, -0.2) is 67.9 Å². The van der Waals surface area contributed by atoms with Gasteiger partial charge in [0.05, 0.1) is 29.0 Å². The van der Waals surface area contributed by atoms with Gasteiger partial charge < -0.3 is 15.1 Å². The molecule has 0 aliphatic carbocycles. The van der Waals surface area contributed by atoms with Gasteiger partial charge in [0.25, 0.3) is 0 Å².